The molecule has 4 heterocycles. The van der Waals surface area contributed by atoms with Crippen molar-refractivity contribution >= 4 is 11.6 Å². The Labute approximate surface area is 175 Å². The number of hydrogen-bond donors (Lipinski definition) is 0. The van der Waals surface area contributed by atoms with Crippen LogP contribution in [0.25, 0.3) is 5.65 Å². The van der Waals surface area contributed by atoms with Crippen molar-refractivity contribution in [3.63, 3.8) is 0 Å². The van der Waals surface area contributed by atoms with Crippen LogP contribution in [0.1, 0.15) is 49.7 Å². The monoisotopic (exact) mass is 406 g/mol. The van der Waals surface area contributed by atoms with Gasteiger partial charge in [-0.25, -0.2) is 9.50 Å². The highest BCUT2D eigenvalue weighted by atomic mass is 16.5. The highest BCUT2D eigenvalue weighted by molar-refractivity contribution is 5.82. The number of rotatable bonds is 5. The molecular formula is C23H26N4O3. The fraction of sp³-hybridized carbons (Fsp3) is 0.435. The van der Waals surface area contributed by atoms with E-state index in [1.807, 2.05) is 66.7 Å². The lowest BCUT2D eigenvalue weighted by molar-refractivity contribution is -0.141. The van der Waals surface area contributed by atoms with Crippen LogP contribution in [0.15, 0.2) is 36.5 Å². The predicted molar refractivity (Wildman–Crippen MR) is 112 cm³/mol. The van der Waals surface area contributed by atoms with Crippen molar-refractivity contribution in [3.05, 3.63) is 53.5 Å². The lowest BCUT2D eigenvalue weighted by Gasteiger charge is -2.37. The Morgan fingerprint density at radius 1 is 1.23 bits per heavy atom. The number of fused-ring (bicyclic) bond motifs is 6. The summed E-state index contributed by atoms with van der Waals surface area (Å²) in [6.07, 6.45) is 4.11. The molecule has 5 rings (SSSR count). The van der Waals surface area contributed by atoms with Crippen molar-refractivity contribution in [2.24, 2.45) is 0 Å². The third-order valence-corrected chi connectivity index (χ3v) is 6.08. The molecular weight excluding hydrogens is 380 g/mol. The van der Waals surface area contributed by atoms with Crippen LogP contribution in [-0.2, 0) is 11.2 Å². The van der Waals surface area contributed by atoms with Gasteiger partial charge in [-0.15, -0.1) is 0 Å². The first-order valence-corrected chi connectivity index (χ1v) is 10.6. The SMILES string of the molecule is CCOc1ccc(OC(C)C(=O)N2C3CCC2c2cnc4cc(C)nn4c2C3)cc1. The lowest BCUT2D eigenvalue weighted by Crippen LogP contribution is -2.47. The fourth-order valence-corrected chi connectivity index (χ4v) is 4.78. The van der Waals surface area contributed by atoms with Crippen LogP contribution in [0.3, 0.4) is 0 Å². The van der Waals surface area contributed by atoms with E-state index in [9.17, 15) is 4.79 Å². The molecule has 30 heavy (non-hydrogen) atoms. The second-order valence-corrected chi connectivity index (χ2v) is 8.08. The van der Waals surface area contributed by atoms with Gasteiger partial charge in [-0.05, 0) is 57.9 Å². The number of amides is 1. The summed E-state index contributed by atoms with van der Waals surface area (Å²) in [6.45, 7) is 6.37. The molecule has 0 radical (unpaired) electrons. The standard InChI is InChI=1S/C23H26N4O3/c1-4-29-17-6-8-18(9-7-17)30-15(3)23(28)26-16-5-10-20(26)19-13-24-22-11-14(2)25-27(22)21(19)12-16/h6-9,11,13,15-16,20H,4-5,10,12H2,1-3H3. The smallest absolute Gasteiger partial charge is 0.264 e. The Morgan fingerprint density at radius 2 is 2.00 bits per heavy atom. The predicted octanol–water partition coefficient (Wildman–Crippen LogP) is 3.49. The maximum Gasteiger partial charge on any atom is 0.264 e. The van der Waals surface area contributed by atoms with Gasteiger partial charge in [-0.1, -0.05) is 0 Å². The molecule has 7 heteroatoms. The Bertz CT molecular complexity index is 1090. The number of carbonyl (C=O) groups is 1. The molecule has 1 amide bonds. The molecule has 2 aliphatic rings. The van der Waals surface area contributed by atoms with Gasteiger partial charge in [0, 0.05) is 30.3 Å². The third kappa shape index (κ3) is 3.09. The zero-order chi connectivity index (χ0) is 20.8. The van der Waals surface area contributed by atoms with Gasteiger partial charge in [0.1, 0.15) is 11.5 Å². The Kier molecular flexibility index (Phi) is 4.60. The van der Waals surface area contributed by atoms with E-state index < -0.39 is 6.10 Å². The minimum absolute atomic E-state index is 0.0266. The van der Waals surface area contributed by atoms with Crippen molar-refractivity contribution in [2.75, 3.05) is 6.61 Å². The molecule has 0 aliphatic carbocycles. The second kappa shape index (κ2) is 7.31. The zero-order valence-corrected chi connectivity index (χ0v) is 17.5. The van der Waals surface area contributed by atoms with E-state index in [1.54, 1.807) is 0 Å². The molecule has 156 valence electrons. The molecule has 1 saturated heterocycles. The van der Waals surface area contributed by atoms with Gasteiger partial charge in [-0.2, -0.15) is 5.10 Å². The normalized spacial score (nSPS) is 20.8. The molecule has 2 aromatic heterocycles. The highest BCUT2D eigenvalue weighted by Gasteiger charge is 2.45. The molecule has 3 aromatic rings. The van der Waals surface area contributed by atoms with Crippen LogP contribution in [-0.4, -0.2) is 44.2 Å². The van der Waals surface area contributed by atoms with Crippen LogP contribution < -0.4 is 9.47 Å². The van der Waals surface area contributed by atoms with Gasteiger partial charge in [0.25, 0.3) is 5.91 Å². The molecule has 1 aromatic carbocycles. The number of hydrogen-bond acceptors (Lipinski definition) is 5. The summed E-state index contributed by atoms with van der Waals surface area (Å²) in [4.78, 5) is 19.9. The van der Waals surface area contributed by atoms with Gasteiger partial charge < -0.3 is 14.4 Å². The van der Waals surface area contributed by atoms with Crippen LogP contribution in [0, 0.1) is 6.92 Å². The van der Waals surface area contributed by atoms with Gasteiger partial charge in [0.2, 0.25) is 0 Å². The summed E-state index contributed by atoms with van der Waals surface area (Å²) < 4.78 is 13.4. The van der Waals surface area contributed by atoms with Gasteiger partial charge in [-0.3, -0.25) is 4.79 Å². The van der Waals surface area contributed by atoms with E-state index in [4.69, 9.17) is 9.47 Å². The minimum atomic E-state index is -0.559. The molecule has 2 aliphatic heterocycles. The molecule has 0 N–H and O–H groups in total. The van der Waals surface area contributed by atoms with Crippen LogP contribution in [0.4, 0.5) is 0 Å². The van der Waals surface area contributed by atoms with Crippen molar-refractivity contribution in [1.29, 1.82) is 0 Å². The first-order chi connectivity index (χ1) is 14.5. The number of benzene rings is 1. The van der Waals surface area contributed by atoms with Crippen LogP contribution in [0.5, 0.6) is 11.5 Å². The van der Waals surface area contributed by atoms with E-state index in [2.05, 4.69) is 10.1 Å². The molecule has 0 saturated carbocycles. The van der Waals surface area contributed by atoms with Crippen molar-refractivity contribution in [1.82, 2.24) is 19.5 Å². The minimum Gasteiger partial charge on any atom is -0.494 e. The molecule has 7 nitrogen and oxygen atoms in total. The first-order valence-electron chi connectivity index (χ1n) is 10.6. The summed E-state index contributed by atoms with van der Waals surface area (Å²) in [6, 6.07) is 9.62. The van der Waals surface area contributed by atoms with Gasteiger partial charge >= 0.3 is 0 Å². The van der Waals surface area contributed by atoms with E-state index in [1.165, 1.54) is 5.69 Å². The molecule has 3 unspecified atom stereocenters. The summed E-state index contributed by atoms with van der Waals surface area (Å²) in [5.41, 5.74) is 4.13. The average Bonchev–Trinajstić information content (AvgIpc) is 3.27. The molecule has 3 atom stereocenters. The fourth-order valence-electron chi connectivity index (χ4n) is 4.78. The van der Waals surface area contributed by atoms with Crippen LogP contribution >= 0.6 is 0 Å². The van der Waals surface area contributed by atoms with Crippen molar-refractivity contribution < 1.29 is 14.3 Å². The lowest BCUT2D eigenvalue weighted by atomic mass is 9.98. The zero-order valence-electron chi connectivity index (χ0n) is 17.5. The molecule has 0 spiro atoms. The second-order valence-electron chi connectivity index (χ2n) is 8.08. The van der Waals surface area contributed by atoms with Gasteiger partial charge in [0.05, 0.1) is 24.0 Å². The van der Waals surface area contributed by atoms with Crippen molar-refractivity contribution in [2.45, 2.75) is 58.2 Å². The number of aryl methyl sites for hydroxylation is 1. The maximum atomic E-state index is 13.3. The molecule has 2 bridgehead atoms. The quantitative estimate of drug-likeness (QED) is 0.649. The Morgan fingerprint density at radius 3 is 2.77 bits per heavy atom. The summed E-state index contributed by atoms with van der Waals surface area (Å²) >= 11 is 0. The largest absolute Gasteiger partial charge is 0.494 e. The summed E-state index contributed by atoms with van der Waals surface area (Å²) in [5, 5.41) is 4.62. The summed E-state index contributed by atoms with van der Waals surface area (Å²) in [5.74, 6) is 1.49. The van der Waals surface area contributed by atoms with Gasteiger partial charge in [0.15, 0.2) is 11.8 Å². The van der Waals surface area contributed by atoms with E-state index in [0.717, 1.165) is 41.9 Å². The average molecular weight is 406 g/mol. The van der Waals surface area contributed by atoms with E-state index in [0.29, 0.717) is 12.4 Å². The number of aromatic nitrogens is 3. The molecule has 1 fully saturated rings. The van der Waals surface area contributed by atoms with Crippen molar-refractivity contribution in [3.8, 4) is 11.5 Å². The Balaban J connectivity index is 1.37. The van der Waals surface area contributed by atoms with Crippen LogP contribution in [0.2, 0.25) is 0 Å². The number of nitrogens with zero attached hydrogens (tertiary/aromatic N) is 4. The summed E-state index contributed by atoms with van der Waals surface area (Å²) in [7, 11) is 0. The van der Waals surface area contributed by atoms with E-state index >= 15 is 0 Å². The Hall–Kier alpha value is -3.09. The first kappa shape index (κ1) is 18.9. The van der Waals surface area contributed by atoms with E-state index in [-0.39, 0.29) is 18.0 Å². The third-order valence-electron chi connectivity index (χ3n) is 6.08. The highest BCUT2D eigenvalue weighted by Crippen LogP contribution is 2.44. The topological polar surface area (TPSA) is 69.0 Å². The number of ether oxygens (including phenoxy) is 2. The number of carbonyl (C=O) groups excluding carboxylic acids is 1. The maximum absolute atomic E-state index is 13.3.